The minimum atomic E-state index is -0.0240. The van der Waals surface area contributed by atoms with Crippen LogP contribution in [0.2, 0.25) is 0 Å². The lowest BCUT2D eigenvalue weighted by atomic mass is 9.86. The molecule has 0 aromatic heterocycles. The molecule has 62 valence electrons. The third-order valence-electron chi connectivity index (χ3n) is 2.06. The van der Waals surface area contributed by atoms with Gasteiger partial charge < -0.3 is 10.2 Å². The number of phenols is 2. The summed E-state index contributed by atoms with van der Waals surface area (Å²) in [6.45, 7) is 0. The third-order valence-corrected chi connectivity index (χ3v) is 2.06. The van der Waals surface area contributed by atoms with Crippen molar-refractivity contribution >= 4 is 15.7 Å². The molecule has 0 atom stereocenters. The van der Waals surface area contributed by atoms with Crippen LogP contribution in [-0.2, 0) is 12.6 Å². The number of benzene rings is 1. The Labute approximate surface area is 74.1 Å². The van der Waals surface area contributed by atoms with E-state index in [9.17, 15) is 10.2 Å². The molecule has 4 heteroatoms. The Morgan fingerprint density at radius 1 is 0.917 bits per heavy atom. The summed E-state index contributed by atoms with van der Waals surface area (Å²) in [5.74, 6) is -0.0481. The van der Waals surface area contributed by atoms with Crippen molar-refractivity contribution in [3.63, 3.8) is 0 Å². The van der Waals surface area contributed by atoms with E-state index in [-0.39, 0.29) is 11.5 Å². The van der Waals surface area contributed by atoms with Crippen LogP contribution in [0.5, 0.6) is 11.5 Å². The van der Waals surface area contributed by atoms with Gasteiger partial charge >= 0.3 is 0 Å². The van der Waals surface area contributed by atoms with Gasteiger partial charge in [-0.25, -0.2) is 0 Å². The quantitative estimate of drug-likeness (QED) is 0.448. The number of aromatic hydroxyl groups is 2. The molecular formula is C8H12B2O2. The van der Waals surface area contributed by atoms with E-state index in [0.29, 0.717) is 0 Å². The second-order valence-electron chi connectivity index (χ2n) is 2.82. The van der Waals surface area contributed by atoms with Gasteiger partial charge in [0.1, 0.15) is 15.7 Å². The van der Waals surface area contributed by atoms with E-state index in [1.807, 2.05) is 15.7 Å². The van der Waals surface area contributed by atoms with E-state index in [1.54, 1.807) is 12.1 Å². The van der Waals surface area contributed by atoms with Crippen LogP contribution in [0.4, 0.5) is 0 Å². The zero-order valence-corrected chi connectivity index (χ0v) is 7.46. The fourth-order valence-electron chi connectivity index (χ4n) is 1.32. The van der Waals surface area contributed by atoms with Crippen molar-refractivity contribution in [3.8, 4) is 11.5 Å². The molecule has 1 rings (SSSR count). The molecule has 2 N–H and O–H groups in total. The van der Waals surface area contributed by atoms with Crippen molar-refractivity contribution in [1.82, 2.24) is 0 Å². The fourth-order valence-corrected chi connectivity index (χ4v) is 1.32. The smallest absolute Gasteiger partial charge is 0.157 e. The van der Waals surface area contributed by atoms with Crippen LogP contribution in [0, 0.1) is 0 Å². The van der Waals surface area contributed by atoms with E-state index < -0.39 is 0 Å². The monoisotopic (exact) mass is 162 g/mol. The third kappa shape index (κ3) is 1.58. The Bertz CT molecular complexity index is 258. The van der Waals surface area contributed by atoms with Gasteiger partial charge in [-0.3, -0.25) is 0 Å². The Morgan fingerprint density at radius 2 is 1.25 bits per heavy atom. The normalized spacial score (nSPS) is 10.0. The molecule has 0 saturated heterocycles. The first-order valence-electron chi connectivity index (χ1n) is 4.22. The van der Waals surface area contributed by atoms with Crippen LogP contribution in [0.15, 0.2) is 12.1 Å². The summed E-state index contributed by atoms with van der Waals surface area (Å²) in [6.07, 6.45) is 1.77. The molecule has 0 bridgehead atoms. The average molecular weight is 162 g/mol. The van der Waals surface area contributed by atoms with Crippen LogP contribution in [-0.4, -0.2) is 25.9 Å². The summed E-state index contributed by atoms with van der Waals surface area (Å²) < 4.78 is 0. The highest BCUT2D eigenvalue weighted by atomic mass is 16.3. The van der Waals surface area contributed by atoms with Crippen LogP contribution in [0.25, 0.3) is 0 Å². The maximum atomic E-state index is 9.20. The van der Waals surface area contributed by atoms with Gasteiger partial charge in [0.15, 0.2) is 11.5 Å². The number of rotatable bonds is 2. The fraction of sp³-hybridized carbons (Fsp3) is 0.250. The van der Waals surface area contributed by atoms with Crippen LogP contribution in [0.3, 0.4) is 0 Å². The van der Waals surface area contributed by atoms with Gasteiger partial charge in [-0.05, 0) is 23.3 Å². The van der Waals surface area contributed by atoms with Crippen LogP contribution >= 0.6 is 0 Å². The van der Waals surface area contributed by atoms with Gasteiger partial charge in [-0.2, -0.15) is 0 Å². The summed E-state index contributed by atoms with van der Waals surface area (Å²) in [6, 6.07) is 3.27. The largest absolute Gasteiger partial charge is 0.504 e. The molecule has 1 aromatic carbocycles. The lowest BCUT2D eigenvalue weighted by molar-refractivity contribution is 0.403. The molecule has 0 fully saturated rings. The van der Waals surface area contributed by atoms with Gasteiger partial charge in [0, 0.05) is 0 Å². The molecule has 1 aromatic rings. The standard InChI is InChI=1S/C8H12B2O2/c9-3-5-1-7(11)8(12)2-6(5)4-10/h1-2,11-12H,3-4,9-10H2. The summed E-state index contributed by atoms with van der Waals surface area (Å²) in [5.41, 5.74) is 2.21. The Kier molecular flexibility index (Phi) is 2.69. The Balaban J connectivity index is 3.19. The van der Waals surface area contributed by atoms with Crippen molar-refractivity contribution in [2.75, 3.05) is 0 Å². The minimum absolute atomic E-state index is 0.0240. The van der Waals surface area contributed by atoms with Gasteiger partial charge in [-0.15, -0.1) is 0 Å². The molecule has 12 heavy (non-hydrogen) atoms. The van der Waals surface area contributed by atoms with Gasteiger partial charge in [-0.1, -0.05) is 12.6 Å². The molecule has 0 aliphatic rings. The molecule has 0 heterocycles. The Morgan fingerprint density at radius 3 is 1.50 bits per heavy atom. The number of phenolic OH excluding ortho intramolecular Hbond substituents is 2. The van der Waals surface area contributed by atoms with Crippen molar-refractivity contribution in [2.24, 2.45) is 0 Å². The van der Waals surface area contributed by atoms with Crippen LogP contribution in [0.1, 0.15) is 11.1 Å². The first kappa shape index (κ1) is 9.04. The molecule has 0 spiro atoms. The predicted molar refractivity (Wildman–Crippen MR) is 54.3 cm³/mol. The van der Waals surface area contributed by atoms with Crippen molar-refractivity contribution in [2.45, 2.75) is 12.6 Å². The molecule has 0 radical (unpaired) electrons. The molecule has 0 aliphatic carbocycles. The SMILES string of the molecule is BCc1cc(O)c(O)cc1CB. The van der Waals surface area contributed by atoms with Gasteiger partial charge in [0.2, 0.25) is 0 Å². The summed E-state index contributed by atoms with van der Waals surface area (Å²) in [7, 11) is 4.07. The summed E-state index contributed by atoms with van der Waals surface area (Å²) in [5, 5.41) is 18.4. The van der Waals surface area contributed by atoms with Crippen molar-refractivity contribution < 1.29 is 10.2 Å². The highest BCUT2D eigenvalue weighted by Gasteiger charge is 2.04. The minimum Gasteiger partial charge on any atom is -0.504 e. The molecule has 0 saturated carbocycles. The topological polar surface area (TPSA) is 40.5 Å². The number of hydrogen-bond acceptors (Lipinski definition) is 2. The first-order valence-corrected chi connectivity index (χ1v) is 4.22. The lowest BCUT2D eigenvalue weighted by Crippen LogP contribution is -1.94. The zero-order chi connectivity index (χ0) is 9.14. The molecule has 0 aliphatic heterocycles. The van der Waals surface area contributed by atoms with Gasteiger partial charge in [0.25, 0.3) is 0 Å². The van der Waals surface area contributed by atoms with E-state index in [1.165, 1.54) is 0 Å². The first-order chi connectivity index (χ1) is 5.69. The van der Waals surface area contributed by atoms with Crippen LogP contribution < -0.4 is 0 Å². The maximum Gasteiger partial charge on any atom is 0.157 e. The predicted octanol–water partition coefficient (Wildman–Crippen LogP) is -0.636. The highest BCUT2D eigenvalue weighted by Crippen LogP contribution is 2.28. The molecule has 2 nitrogen and oxygen atoms in total. The summed E-state index contributed by atoms with van der Waals surface area (Å²) in [4.78, 5) is 0. The lowest BCUT2D eigenvalue weighted by Gasteiger charge is -2.07. The van der Waals surface area contributed by atoms with Crippen molar-refractivity contribution in [3.05, 3.63) is 23.3 Å². The molecular weight excluding hydrogens is 150 g/mol. The second-order valence-corrected chi connectivity index (χ2v) is 2.82. The Hall–Kier alpha value is -1.05. The summed E-state index contributed by atoms with van der Waals surface area (Å²) >= 11 is 0. The van der Waals surface area contributed by atoms with Gasteiger partial charge in [0.05, 0.1) is 0 Å². The average Bonchev–Trinajstić information content (AvgIpc) is 2.09. The zero-order valence-electron chi connectivity index (χ0n) is 7.46. The van der Waals surface area contributed by atoms with Crippen molar-refractivity contribution in [1.29, 1.82) is 0 Å². The van der Waals surface area contributed by atoms with E-state index in [4.69, 9.17) is 0 Å². The number of hydrogen-bond donors (Lipinski definition) is 2. The van der Waals surface area contributed by atoms with E-state index >= 15 is 0 Å². The molecule has 0 unspecified atom stereocenters. The van der Waals surface area contributed by atoms with E-state index in [2.05, 4.69) is 0 Å². The maximum absolute atomic E-state index is 9.20. The molecule has 0 amide bonds. The second kappa shape index (κ2) is 3.57. The highest BCUT2D eigenvalue weighted by molar-refractivity contribution is 6.10. The van der Waals surface area contributed by atoms with E-state index in [0.717, 1.165) is 23.8 Å².